The van der Waals surface area contributed by atoms with E-state index in [-0.39, 0.29) is 12.2 Å². The van der Waals surface area contributed by atoms with E-state index in [4.69, 9.17) is 14.6 Å². The van der Waals surface area contributed by atoms with E-state index in [1.54, 1.807) is 6.92 Å². The largest absolute Gasteiger partial charge is 0.391 e. The molecule has 0 amide bonds. The molecule has 0 aliphatic heterocycles. The van der Waals surface area contributed by atoms with Crippen LogP contribution < -0.4 is 0 Å². The summed E-state index contributed by atoms with van der Waals surface area (Å²) in [7, 11) is 0. The Hall–Kier alpha value is -0.120. The van der Waals surface area contributed by atoms with E-state index in [0.717, 1.165) is 0 Å². The summed E-state index contributed by atoms with van der Waals surface area (Å²) >= 11 is 0. The third-order valence-corrected chi connectivity index (χ3v) is 1.29. The van der Waals surface area contributed by atoms with Gasteiger partial charge in [-0.25, -0.2) is 0 Å². The van der Waals surface area contributed by atoms with Crippen LogP contribution in [0.1, 0.15) is 27.7 Å². The van der Waals surface area contributed by atoms with Crippen molar-refractivity contribution in [2.24, 2.45) is 0 Å². The number of rotatable bonds is 6. The molecule has 0 saturated heterocycles. The van der Waals surface area contributed by atoms with Gasteiger partial charge >= 0.3 is 0 Å². The first-order valence-electron chi connectivity index (χ1n) is 4.43. The van der Waals surface area contributed by atoms with Gasteiger partial charge < -0.3 is 14.6 Å². The molecule has 0 saturated carbocycles. The second-order valence-electron chi connectivity index (χ2n) is 3.38. The standard InChI is InChI=1S/C9H20O3/c1-7(2)11-6-9(4)12-5-8(3)10/h7-10H,5-6H2,1-4H3/t8-,9+/m0/s1. The van der Waals surface area contributed by atoms with E-state index in [1.807, 2.05) is 20.8 Å². The number of aliphatic hydroxyl groups is 1. The summed E-state index contributed by atoms with van der Waals surface area (Å²) < 4.78 is 10.6. The van der Waals surface area contributed by atoms with Crippen LogP contribution in [-0.2, 0) is 9.47 Å². The van der Waals surface area contributed by atoms with Crippen molar-refractivity contribution in [1.29, 1.82) is 0 Å². The van der Waals surface area contributed by atoms with E-state index in [0.29, 0.717) is 13.2 Å². The van der Waals surface area contributed by atoms with Crippen molar-refractivity contribution in [1.82, 2.24) is 0 Å². The minimum Gasteiger partial charge on any atom is -0.391 e. The third kappa shape index (κ3) is 7.98. The molecule has 0 rings (SSSR count). The summed E-state index contributed by atoms with van der Waals surface area (Å²) in [5.74, 6) is 0. The minimum atomic E-state index is -0.397. The lowest BCUT2D eigenvalue weighted by Gasteiger charge is -2.15. The zero-order chi connectivity index (χ0) is 9.56. The van der Waals surface area contributed by atoms with Crippen molar-refractivity contribution in [2.45, 2.75) is 46.0 Å². The minimum absolute atomic E-state index is 0.0574. The lowest BCUT2D eigenvalue weighted by molar-refractivity contribution is -0.0493. The summed E-state index contributed by atoms with van der Waals surface area (Å²) in [5, 5.41) is 8.91. The topological polar surface area (TPSA) is 38.7 Å². The number of hydrogen-bond acceptors (Lipinski definition) is 3. The zero-order valence-electron chi connectivity index (χ0n) is 8.41. The molecule has 0 radical (unpaired) electrons. The van der Waals surface area contributed by atoms with Crippen LogP contribution in [0.25, 0.3) is 0 Å². The molecule has 0 aromatic carbocycles. The molecule has 0 spiro atoms. The maximum Gasteiger partial charge on any atom is 0.0781 e. The number of hydrogen-bond donors (Lipinski definition) is 1. The van der Waals surface area contributed by atoms with Gasteiger partial charge in [0.25, 0.3) is 0 Å². The lowest BCUT2D eigenvalue weighted by Crippen LogP contribution is -2.22. The van der Waals surface area contributed by atoms with Crippen LogP contribution in [0, 0.1) is 0 Å². The average Bonchev–Trinajstić information content (AvgIpc) is 1.96. The van der Waals surface area contributed by atoms with Gasteiger partial charge in [-0.2, -0.15) is 0 Å². The molecular weight excluding hydrogens is 156 g/mol. The van der Waals surface area contributed by atoms with Crippen molar-refractivity contribution in [3.8, 4) is 0 Å². The molecular formula is C9H20O3. The molecule has 1 N–H and O–H groups in total. The quantitative estimate of drug-likeness (QED) is 0.661. The Morgan fingerprint density at radius 3 is 2.00 bits per heavy atom. The highest BCUT2D eigenvalue weighted by Gasteiger charge is 2.05. The second kappa shape index (κ2) is 6.40. The van der Waals surface area contributed by atoms with Crippen LogP contribution in [-0.4, -0.2) is 36.6 Å². The molecule has 74 valence electrons. The highest BCUT2D eigenvalue weighted by atomic mass is 16.5. The molecule has 0 aromatic rings. The Morgan fingerprint density at radius 1 is 1.00 bits per heavy atom. The molecule has 0 aliphatic carbocycles. The maximum absolute atomic E-state index is 8.91. The van der Waals surface area contributed by atoms with E-state index in [9.17, 15) is 0 Å². The van der Waals surface area contributed by atoms with Gasteiger partial charge in [0.1, 0.15) is 0 Å². The van der Waals surface area contributed by atoms with E-state index in [1.165, 1.54) is 0 Å². The van der Waals surface area contributed by atoms with E-state index >= 15 is 0 Å². The van der Waals surface area contributed by atoms with Crippen LogP contribution in [0.15, 0.2) is 0 Å². The van der Waals surface area contributed by atoms with Gasteiger partial charge in [-0.05, 0) is 27.7 Å². The molecule has 0 bridgehead atoms. The molecule has 0 aliphatic rings. The van der Waals surface area contributed by atoms with Crippen molar-refractivity contribution < 1.29 is 14.6 Å². The van der Waals surface area contributed by atoms with Gasteiger partial charge in [0.2, 0.25) is 0 Å². The van der Waals surface area contributed by atoms with Gasteiger partial charge in [-0.15, -0.1) is 0 Å². The van der Waals surface area contributed by atoms with Gasteiger partial charge in [0, 0.05) is 0 Å². The predicted molar refractivity (Wildman–Crippen MR) is 48.2 cm³/mol. The fraction of sp³-hybridized carbons (Fsp3) is 1.00. The lowest BCUT2D eigenvalue weighted by atomic mass is 10.4. The summed E-state index contributed by atoms with van der Waals surface area (Å²) in [6, 6.07) is 0. The summed E-state index contributed by atoms with van der Waals surface area (Å²) in [6.07, 6.45) is -0.101. The summed E-state index contributed by atoms with van der Waals surface area (Å²) in [5.41, 5.74) is 0. The van der Waals surface area contributed by atoms with E-state index in [2.05, 4.69) is 0 Å². The normalized spacial score (nSPS) is 16.5. The monoisotopic (exact) mass is 176 g/mol. The van der Waals surface area contributed by atoms with Crippen LogP contribution in [0.2, 0.25) is 0 Å². The Kier molecular flexibility index (Phi) is 6.34. The zero-order valence-corrected chi connectivity index (χ0v) is 8.41. The van der Waals surface area contributed by atoms with Crippen molar-refractivity contribution in [2.75, 3.05) is 13.2 Å². The predicted octanol–water partition coefficient (Wildman–Crippen LogP) is 1.20. The number of ether oxygens (including phenoxy) is 2. The van der Waals surface area contributed by atoms with Crippen molar-refractivity contribution in [3.63, 3.8) is 0 Å². The smallest absolute Gasteiger partial charge is 0.0781 e. The van der Waals surface area contributed by atoms with Gasteiger partial charge in [-0.3, -0.25) is 0 Å². The number of aliphatic hydroxyl groups excluding tert-OH is 1. The third-order valence-electron chi connectivity index (χ3n) is 1.29. The molecule has 2 atom stereocenters. The highest BCUT2D eigenvalue weighted by molar-refractivity contribution is 4.51. The molecule has 0 aromatic heterocycles. The van der Waals surface area contributed by atoms with Gasteiger partial charge in [0.05, 0.1) is 31.5 Å². The summed E-state index contributed by atoms with van der Waals surface area (Å²) in [6.45, 7) is 8.58. The first-order valence-corrected chi connectivity index (χ1v) is 4.43. The molecule has 12 heavy (non-hydrogen) atoms. The second-order valence-corrected chi connectivity index (χ2v) is 3.38. The van der Waals surface area contributed by atoms with Gasteiger partial charge in [0.15, 0.2) is 0 Å². The van der Waals surface area contributed by atoms with Crippen molar-refractivity contribution in [3.05, 3.63) is 0 Å². The highest BCUT2D eigenvalue weighted by Crippen LogP contribution is 1.96. The maximum atomic E-state index is 8.91. The van der Waals surface area contributed by atoms with Crippen molar-refractivity contribution >= 4 is 0 Å². The average molecular weight is 176 g/mol. The van der Waals surface area contributed by atoms with Crippen LogP contribution >= 0.6 is 0 Å². The van der Waals surface area contributed by atoms with E-state index < -0.39 is 6.10 Å². The molecule has 3 nitrogen and oxygen atoms in total. The SMILES string of the molecule is CC(C)OC[C@@H](C)OC[C@H](C)O. The summed E-state index contributed by atoms with van der Waals surface area (Å²) in [4.78, 5) is 0. The first-order chi connectivity index (χ1) is 5.52. The van der Waals surface area contributed by atoms with Gasteiger partial charge in [-0.1, -0.05) is 0 Å². The van der Waals surface area contributed by atoms with Crippen LogP contribution in [0.3, 0.4) is 0 Å². The van der Waals surface area contributed by atoms with Crippen LogP contribution in [0.4, 0.5) is 0 Å². The molecule has 3 heteroatoms. The Bertz CT molecular complexity index is 89.9. The fourth-order valence-electron chi connectivity index (χ4n) is 0.680. The molecule has 0 unspecified atom stereocenters. The van der Waals surface area contributed by atoms with Crippen LogP contribution in [0.5, 0.6) is 0 Å². The first kappa shape index (κ1) is 11.9. The fourth-order valence-corrected chi connectivity index (χ4v) is 0.680. The Morgan fingerprint density at radius 2 is 1.58 bits per heavy atom. The molecule has 0 heterocycles. The molecule has 0 fully saturated rings. The Labute approximate surface area is 74.7 Å². The Balaban J connectivity index is 3.27.